The molecule has 0 saturated heterocycles. The zero-order chi connectivity index (χ0) is 22.5. The van der Waals surface area contributed by atoms with Crippen LogP contribution in [-0.4, -0.2) is 37.4 Å². The minimum atomic E-state index is -1.02. The molecule has 0 radical (unpaired) electrons. The molecule has 31 heavy (non-hydrogen) atoms. The van der Waals surface area contributed by atoms with Crippen LogP contribution in [0.4, 0.5) is 4.39 Å². The maximum Gasteiger partial charge on any atom is 0.620 e. The van der Waals surface area contributed by atoms with Gasteiger partial charge in [0.2, 0.25) is 5.91 Å². The van der Waals surface area contributed by atoms with Crippen molar-refractivity contribution in [3.63, 3.8) is 0 Å². The summed E-state index contributed by atoms with van der Waals surface area (Å²) < 4.78 is 25.0. The molecule has 0 saturated carbocycles. The molecular formula is C21H21BClFN2O5. The highest BCUT2D eigenvalue weighted by Crippen LogP contribution is 2.26. The quantitative estimate of drug-likeness (QED) is 0.638. The molecule has 2 aromatic rings. The van der Waals surface area contributed by atoms with Crippen LogP contribution in [0.5, 0.6) is 5.75 Å². The van der Waals surface area contributed by atoms with Crippen molar-refractivity contribution in [2.75, 3.05) is 6.54 Å². The highest BCUT2D eigenvalue weighted by molar-refractivity contribution is 6.51. The Hall–Kier alpha value is -3.07. The maximum absolute atomic E-state index is 13.8. The average molecular weight is 447 g/mol. The Morgan fingerprint density at radius 2 is 1.90 bits per heavy atom. The number of halogens is 2. The molecule has 2 amide bonds. The van der Waals surface area contributed by atoms with E-state index in [9.17, 15) is 18.8 Å². The molecule has 0 aromatic heterocycles. The number of amides is 2. The number of hydrogen-bond acceptors (Lipinski definition) is 5. The van der Waals surface area contributed by atoms with Gasteiger partial charge in [0.1, 0.15) is 11.6 Å². The van der Waals surface area contributed by atoms with Crippen LogP contribution in [0.25, 0.3) is 0 Å². The molecule has 3 rings (SSSR count). The van der Waals surface area contributed by atoms with Crippen LogP contribution in [0.2, 0.25) is 5.02 Å². The van der Waals surface area contributed by atoms with Crippen molar-refractivity contribution in [1.29, 1.82) is 0 Å². The summed E-state index contributed by atoms with van der Waals surface area (Å²) in [7, 11) is -1.02. The van der Waals surface area contributed by atoms with Crippen LogP contribution in [-0.2, 0) is 9.45 Å². The van der Waals surface area contributed by atoms with Crippen LogP contribution in [0.15, 0.2) is 42.5 Å². The lowest BCUT2D eigenvalue weighted by Gasteiger charge is -2.29. The fraction of sp³-hybridized carbons (Fsp3) is 0.286. The minimum Gasteiger partial charge on any atom is -0.524 e. The van der Waals surface area contributed by atoms with Gasteiger partial charge in [-0.3, -0.25) is 9.59 Å². The van der Waals surface area contributed by atoms with Gasteiger partial charge in [-0.2, -0.15) is 0 Å². The van der Waals surface area contributed by atoms with E-state index in [1.54, 1.807) is 24.3 Å². The molecule has 162 valence electrons. The summed E-state index contributed by atoms with van der Waals surface area (Å²) in [4.78, 5) is 36.9. The van der Waals surface area contributed by atoms with E-state index in [0.29, 0.717) is 17.7 Å². The Morgan fingerprint density at radius 1 is 1.16 bits per heavy atom. The van der Waals surface area contributed by atoms with Crippen molar-refractivity contribution in [3.8, 4) is 5.75 Å². The fourth-order valence-corrected chi connectivity index (χ4v) is 3.32. The van der Waals surface area contributed by atoms with Crippen molar-refractivity contribution in [2.24, 2.45) is 5.92 Å². The number of rotatable bonds is 7. The molecule has 0 fully saturated rings. The van der Waals surface area contributed by atoms with Gasteiger partial charge in [-0.05, 0) is 42.7 Å². The maximum atomic E-state index is 13.8. The molecule has 0 bridgehead atoms. The van der Waals surface area contributed by atoms with Gasteiger partial charge in [-0.15, -0.1) is 0 Å². The third-order valence-corrected chi connectivity index (χ3v) is 4.79. The van der Waals surface area contributed by atoms with E-state index in [-0.39, 0.29) is 16.5 Å². The molecule has 0 aliphatic carbocycles. The number of carbonyl (C=O) groups excluding carboxylic acids is 3. The summed E-state index contributed by atoms with van der Waals surface area (Å²) in [6.07, 6.45) is 0.461. The lowest BCUT2D eigenvalue weighted by Crippen LogP contribution is -2.55. The molecule has 1 atom stereocenters. The van der Waals surface area contributed by atoms with Crippen molar-refractivity contribution in [1.82, 2.24) is 10.6 Å². The van der Waals surface area contributed by atoms with Gasteiger partial charge in [-0.25, -0.2) is 9.18 Å². The average Bonchev–Trinajstić information content (AvgIpc) is 2.73. The van der Waals surface area contributed by atoms with Crippen LogP contribution >= 0.6 is 11.6 Å². The predicted octanol–water partition coefficient (Wildman–Crippen LogP) is 3.02. The molecule has 10 heteroatoms. The molecule has 2 N–H and O–H groups in total. The standard InChI is InChI=1S/C21H21BClFN2O5/c1-12(2)9-18(22-30-17-6-4-3-5-14(17)21(29)31-22)26-19(27)11-25-20(28)15-10-13(23)7-8-16(15)24/h3-8,10,12,18H,9,11H2,1-2H3,(H,25,28)(H,26,27)/t18-/m0/s1. The predicted molar refractivity (Wildman–Crippen MR) is 113 cm³/mol. The lowest BCUT2D eigenvalue weighted by molar-refractivity contribution is -0.120. The van der Waals surface area contributed by atoms with E-state index in [0.717, 1.165) is 6.07 Å². The molecule has 0 spiro atoms. The Morgan fingerprint density at radius 3 is 2.65 bits per heavy atom. The van der Waals surface area contributed by atoms with Crippen molar-refractivity contribution < 1.29 is 28.1 Å². The topological polar surface area (TPSA) is 93.7 Å². The first-order chi connectivity index (χ1) is 14.7. The van der Waals surface area contributed by atoms with Gasteiger partial charge in [0.25, 0.3) is 5.91 Å². The first-order valence-corrected chi connectivity index (χ1v) is 10.1. The SMILES string of the molecule is CC(C)C[C@H](NC(=O)CNC(=O)c1cc(Cl)ccc1F)B1OC(=O)c2ccccc2O1. The Kier molecular flexibility index (Phi) is 7.17. The van der Waals surface area contributed by atoms with E-state index < -0.39 is 43.2 Å². The van der Waals surface area contributed by atoms with Crippen LogP contribution in [0.3, 0.4) is 0 Å². The summed E-state index contributed by atoms with van der Waals surface area (Å²) in [6, 6.07) is 10.2. The van der Waals surface area contributed by atoms with Gasteiger partial charge < -0.3 is 19.9 Å². The van der Waals surface area contributed by atoms with Crippen LogP contribution in [0, 0.1) is 11.7 Å². The monoisotopic (exact) mass is 446 g/mol. The van der Waals surface area contributed by atoms with Gasteiger partial charge in [0.15, 0.2) is 0 Å². The molecule has 7 nitrogen and oxygen atoms in total. The second-order valence-corrected chi connectivity index (χ2v) is 7.93. The zero-order valence-electron chi connectivity index (χ0n) is 17.0. The molecular weight excluding hydrogens is 426 g/mol. The van der Waals surface area contributed by atoms with E-state index in [2.05, 4.69) is 10.6 Å². The molecule has 1 heterocycles. The highest BCUT2D eigenvalue weighted by Gasteiger charge is 2.42. The first-order valence-electron chi connectivity index (χ1n) is 9.74. The fourth-order valence-electron chi connectivity index (χ4n) is 3.15. The Balaban J connectivity index is 1.64. The number of carbonyl (C=O) groups is 3. The molecule has 1 aliphatic heterocycles. The minimum absolute atomic E-state index is 0.153. The van der Waals surface area contributed by atoms with Crippen LogP contribution < -0.4 is 15.3 Å². The lowest BCUT2D eigenvalue weighted by atomic mass is 9.72. The Labute approximate surface area is 184 Å². The summed E-state index contributed by atoms with van der Waals surface area (Å²) in [5, 5.41) is 5.28. The summed E-state index contributed by atoms with van der Waals surface area (Å²) in [6.45, 7) is 3.49. The third-order valence-electron chi connectivity index (χ3n) is 4.56. The van der Waals surface area contributed by atoms with Gasteiger partial charge in [0.05, 0.1) is 23.6 Å². The van der Waals surface area contributed by atoms with Gasteiger partial charge in [0, 0.05) is 5.02 Å². The number of hydrogen-bond donors (Lipinski definition) is 2. The molecule has 1 aliphatic rings. The van der Waals surface area contributed by atoms with Crippen LogP contribution in [0.1, 0.15) is 41.0 Å². The smallest absolute Gasteiger partial charge is 0.524 e. The van der Waals surface area contributed by atoms with E-state index in [1.165, 1.54) is 12.1 Å². The van der Waals surface area contributed by atoms with E-state index in [4.69, 9.17) is 20.9 Å². The zero-order valence-corrected chi connectivity index (χ0v) is 17.7. The van der Waals surface area contributed by atoms with Gasteiger partial charge in [-0.1, -0.05) is 37.6 Å². The molecule has 2 aromatic carbocycles. The third kappa shape index (κ3) is 5.76. The van der Waals surface area contributed by atoms with E-state index in [1.807, 2.05) is 13.8 Å². The normalized spacial score (nSPS) is 13.7. The number of para-hydroxylation sites is 1. The summed E-state index contributed by atoms with van der Waals surface area (Å²) in [5.74, 6) is -2.73. The largest absolute Gasteiger partial charge is 0.620 e. The highest BCUT2D eigenvalue weighted by atomic mass is 35.5. The second-order valence-electron chi connectivity index (χ2n) is 7.50. The number of benzene rings is 2. The van der Waals surface area contributed by atoms with Crippen molar-refractivity contribution in [3.05, 3.63) is 64.4 Å². The van der Waals surface area contributed by atoms with Crippen molar-refractivity contribution >= 4 is 36.5 Å². The Bertz CT molecular complexity index is 1000. The van der Waals surface area contributed by atoms with Crippen molar-refractivity contribution in [2.45, 2.75) is 26.2 Å². The van der Waals surface area contributed by atoms with Gasteiger partial charge >= 0.3 is 13.1 Å². The molecule has 0 unspecified atom stereocenters. The summed E-state index contributed by atoms with van der Waals surface area (Å²) in [5.41, 5.74) is 0.0457. The summed E-state index contributed by atoms with van der Waals surface area (Å²) >= 11 is 5.79. The van der Waals surface area contributed by atoms with E-state index >= 15 is 0 Å². The second kappa shape index (κ2) is 9.83. The number of nitrogens with one attached hydrogen (secondary N) is 2. The number of fused-ring (bicyclic) bond motifs is 1. The first kappa shape index (κ1) is 22.6.